The maximum atomic E-state index is 13.9. The van der Waals surface area contributed by atoms with Crippen molar-refractivity contribution in [1.82, 2.24) is 14.9 Å². The van der Waals surface area contributed by atoms with Crippen LogP contribution < -0.4 is 0 Å². The van der Waals surface area contributed by atoms with Crippen molar-refractivity contribution in [2.45, 2.75) is 45.6 Å². The first-order valence-corrected chi connectivity index (χ1v) is 12.6. The van der Waals surface area contributed by atoms with Gasteiger partial charge >= 0.3 is 0 Å². The van der Waals surface area contributed by atoms with Crippen molar-refractivity contribution in [1.29, 1.82) is 0 Å². The first-order valence-electron chi connectivity index (χ1n) is 11.4. The third-order valence-electron chi connectivity index (χ3n) is 6.49. The summed E-state index contributed by atoms with van der Waals surface area (Å²) in [5.74, 6) is 1.19. The van der Waals surface area contributed by atoms with Gasteiger partial charge in [-0.15, -0.1) is 11.3 Å². The van der Waals surface area contributed by atoms with Gasteiger partial charge in [0.2, 0.25) is 0 Å². The third-order valence-corrected chi connectivity index (χ3v) is 7.53. The van der Waals surface area contributed by atoms with E-state index < -0.39 is 0 Å². The first kappa shape index (κ1) is 22.1. The number of thiazole rings is 1. The van der Waals surface area contributed by atoms with Gasteiger partial charge in [0.05, 0.1) is 5.56 Å². The third kappa shape index (κ3) is 4.55. The molecule has 7 heteroatoms. The fourth-order valence-electron chi connectivity index (χ4n) is 4.80. The molecule has 0 aliphatic carbocycles. The Hall–Kier alpha value is -2.70. The van der Waals surface area contributed by atoms with Crippen molar-refractivity contribution in [2.24, 2.45) is 5.92 Å². The summed E-state index contributed by atoms with van der Waals surface area (Å²) in [6, 6.07) is 11.7. The normalized spacial score (nSPS) is 18.7. The number of rotatable bonds is 5. The van der Waals surface area contributed by atoms with E-state index in [1.807, 2.05) is 48.7 Å². The molecule has 0 N–H and O–H groups in total. The minimum atomic E-state index is 0.0878. The summed E-state index contributed by atoms with van der Waals surface area (Å²) in [6.07, 6.45) is 5.41. The van der Waals surface area contributed by atoms with E-state index in [1.165, 1.54) is 0 Å². The SMILES string of the molecule is Cc1ccc(-c2nccs2)c(C(=O)N2CCC[C@@H](C)[C@H]2CCc2nc3cc(Cl)ccc3o2)c1. The molecule has 0 unspecified atom stereocenters. The van der Waals surface area contributed by atoms with E-state index in [4.69, 9.17) is 16.0 Å². The number of benzene rings is 2. The van der Waals surface area contributed by atoms with Crippen molar-refractivity contribution in [3.05, 3.63) is 70.0 Å². The molecule has 0 saturated carbocycles. The highest BCUT2D eigenvalue weighted by atomic mass is 35.5. The van der Waals surface area contributed by atoms with Crippen LogP contribution in [0.1, 0.15) is 48.0 Å². The second-order valence-electron chi connectivity index (χ2n) is 8.83. The van der Waals surface area contributed by atoms with Crippen LogP contribution in [0.25, 0.3) is 21.7 Å². The molecule has 1 aliphatic rings. The zero-order valence-corrected chi connectivity index (χ0v) is 20.3. The lowest BCUT2D eigenvalue weighted by Gasteiger charge is -2.40. The second kappa shape index (κ2) is 9.27. The van der Waals surface area contributed by atoms with Crippen molar-refractivity contribution in [3.8, 4) is 10.6 Å². The Kier molecular flexibility index (Phi) is 6.21. The monoisotopic (exact) mass is 479 g/mol. The lowest BCUT2D eigenvalue weighted by atomic mass is 9.87. The van der Waals surface area contributed by atoms with Crippen LogP contribution in [-0.4, -0.2) is 33.4 Å². The number of likely N-dealkylation sites (tertiary alicyclic amines) is 1. The summed E-state index contributed by atoms with van der Waals surface area (Å²) in [6.45, 7) is 5.04. The van der Waals surface area contributed by atoms with E-state index in [9.17, 15) is 4.79 Å². The van der Waals surface area contributed by atoms with Gasteiger partial charge in [0.15, 0.2) is 11.5 Å². The number of halogens is 1. The highest BCUT2D eigenvalue weighted by Crippen LogP contribution is 2.32. The van der Waals surface area contributed by atoms with Crippen molar-refractivity contribution >= 4 is 39.9 Å². The largest absolute Gasteiger partial charge is 0.441 e. The Bertz CT molecular complexity index is 1280. The average molecular weight is 480 g/mol. The molecule has 2 aromatic carbocycles. The Morgan fingerprint density at radius 3 is 2.97 bits per heavy atom. The molecule has 33 heavy (non-hydrogen) atoms. The van der Waals surface area contributed by atoms with Gasteiger partial charge in [-0.2, -0.15) is 0 Å². The Labute approximate surface area is 202 Å². The molecular formula is C26H26ClN3O2S. The molecule has 0 radical (unpaired) electrons. The molecule has 1 fully saturated rings. The number of nitrogens with zero attached hydrogens (tertiary/aromatic N) is 3. The maximum absolute atomic E-state index is 13.9. The van der Waals surface area contributed by atoms with Crippen LogP contribution in [0.4, 0.5) is 0 Å². The van der Waals surface area contributed by atoms with Gasteiger partial charge in [0, 0.05) is 41.2 Å². The molecule has 3 heterocycles. The standard InChI is InChI=1S/C26H26ClN3O2S/c1-16-5-7-19(25-28-11-13-33-25)20(14-16)26(31)30-12-3-4-17(2)22(30)8-10-24-29-21-15-18(27)6-9-23(21)32-24/h5-7,9,11,13-15,17,22H,3-4,8,10,12H2,1-2H3/t17-,22-/m1/s1. The average Bonchev–Trinajstić information content (AvgIpc) is 3.47. The number of oxazole rings is 1. The Morgan fingerprint density at radius 1 is 1.27 bits per heavy atom. The van der Waals surface area contributed by atoms with Crippen LogP contribution in [0.3, 0.4) is 0 Å². The number of aryl methyl sites for hydroxylation is 2. The fraction of sp³-hybridized carbons (Fsp3) is 0.346. The molecule has 0 spiro atoms. The second-order valence-corrected chi connectivity index (χ2v) is 10.2. The summed E-state index contributed by atoms with van der Waals surface area (Å²) in [4.78, 5) is 25.0. The lowest BCUT2D eigenvalue weighted by molar-refractivity contribution is 0.0497. The van der Waals surface area contributed by atoms with Gasteiger partial charge in [-0.25, -0.2) is 9.97 Å². The van der Waals surface area contributed by atoms with Gasteiger partial charge in [-0.05, 0) is 56.4 Å². The van der Waals surface area contributed by atoms with E-state index >= 15 is 0 Å². The summed E-state index contributed by atoms with van der Waals surface area (Å²) in [5, 5.41) is 3.47. The summed E-state index contributed by atoms with van der Waals surface area (Å²) in [5.41, 5.74) is 4.24. The molecule has 5 nitrogen and oxygen atoms in total. The van der Waals surface area contributed by atoms with Crippen molar-refractivity contribution < 1.29 is 9.21 Å². The van der Waals surface area contributed by atoms with Crippen LogP contribution in [0.15, 0.2) is 52.4 Å². The van der Waals surface area contributed by atoms with Crippen LogP contribution in [0.5, 0.6) is 0 Å². The lowest BCUT2D eigenvalue weighted by Crippen LogP contribution is -2.48. The molecule has 1 saturated heterocycles. The number of piperidine rings is 1. The first-order chi connectivity index (χ1) is 16.0. The van der Waals surface area contributed by atoms with Crippen LogP contribution >= 0.6 is 22.9 Å². The minimum Gasteiger partial charge on any atom is -0.441 e. The molecule has 1 aliphatic heterocycles. The maximum Gasteiger partial charge on any atom is 0.254 e. The number of amides is 1. The summed E-state index contributed by atoms with van der Waals surface area (Å²) < 4.78 is 5.93. The smallest absolute Gasteiger partial charge is 0.254 e. The van der Waals surface area contributed by atoms with Crippen LogP contribution in [0, 0.1) is 12.8 Å². The molecule has 2 aromatic heterocycles. The van der Waals surface area contributed by atoms with Gasteiger partial charge in [-0.3, -0.25) is 4.79 Å². The zero-order valence-electron chi connectivity index (χ0n) is 18.8. The highest BCUT2D eigenvalue weighted by molar-refractivity contribution is 7.13. The predicted molar refractivity (Wildman–Crippen MR) is 133 cm³/mol. The molecule has 5 rings (SSSR count). The molecule has 0 bridgehead atoms. The zero-order chi connectivity index (χ0) is 22.9. The Balaban J connectivity index is 1.40. The number of hydrogen-bond acceptors (Lipinski definition) is 5. The van der Waals surface area contributed by atoms with Crippen molar-refractivity contribution in [3.63, 3.8) is 0 Å². The van der Waals surface area contributed by atoms with E-state index in [0.29, 0.717) is 23.3 Å². The fourth-order valence-corrected chi connectivity index (χ4v) is 5.64. The van der Waals surface area contributed by atoms with E-state index in [-0.39, 0.29) is 11.9 Å². The van der Waals surface area contributed by atoms with Gasteiger partial charge < -0.3 is 9.32 Å². The Morgan fingerprint density at radius 2 is 2.15 bits per heavy atom. The quantitative estimate of drug-likeness (QED) is 0.316. The van der Waals surface area contributed by atoms with Crippen molar-refractivity contribution in [2.75, 3.05) is 6.54 Å². The van der Waals surface area contributed by atoms with E-state index in [0.717, 1.165) is 58.6 Å². The number of aromatic nitrogens is 2. The molecule has 2 atom stereocenters. The molecule has 1 amide bonds. The van der Waals surface area contributed by atoms with Crippen LogP contribution in [0.2, 0.25) is 5.02 Å². The number of hydrogen-bond donors (Lipinski definition) is 0. The van der Waals surface area contributed by atoms with Gasteiger partial charge in [0.25, 0.3) is 5.91 Å². The number of fused-ring (bicyclic) bond motifs is 1. The van der Waals surface area contributed by atoms with E-state index in [2.05, 4.69) is 21.8 Å². The number of carbonyl (C=O) groups is 1. The summed E-state index contributed by atoms with van der Waals surface area (Å²) in [7, 11) is 0. The number of carbonyl (C=O) groups excluding carboxylic acids is 1. The minimum absolute atomic E-state index is 0.0878. The van der Waals surface area contributed by atoms with E-state index in [1.54, 1.807) is 17.5 Å². The topological polar surface area (TPSA) is 59.2 Å². The predicted octanol–water partition coefficient (Wildman–Crippen LogP) is 6.79. The van der Waals surface area contributed by atoms with Gasteiger partial charge in [-0.1, -0.05) is 36.2 Å². The molecular weight excluding hydrogens is 454 g/mol. The van der Waals surface area contributed by atoms with Gasteiger partial charge in [0.1, 0.15) is 10.5 Å². The molecule has 4 aromatic rings. The van der Waals surface area contributed by atoms with Crippen LogP contribution in [-0.2, 0) is 6.42 Å². The molecule has 170 valence electrons. The highest BCUT2D eigenvalue weighted by Gasteiger charge is 2.33. The summed E-state index contributed by atoms with van der Waals surface area (Å²) >= 11 is 7.65.